The zero-order valence-corrected chi connectivity index (χ0v) is 7.41. The van der Waals surface area contributed by atoms with Gasteiger partial charge in [-0.25, -0.2) is 4.39 Å². The SMILES string of the molecule is NC(CC1CC1)c1ccncc1F. The molecule has 0 spiro atoms. The number of rotatable bonds is 3. The third-order valence-electron chi connectivity index (χ3n) is 2.49. The van der Waals surface area contributed by atoms with E-state index < -0.39 is 0 Å². The largest absolute Gasteiger partial charge is 0.324 e. The first kappa shape index (κ1) is 8.63. The van der Waals surface area contributed by atoms with E-state index in [9.17, 15) is 4.39 Å². The van der Waals surface area contributed by atoms with Crippen LogP contribution in [0.1, 0.15) is 30.9 Å². The zero-order chi connectivity index (χ0) is 9.26. The third-order valence-corrected chi connectivity index (χ3v) is 2.49. The van der Waals surface area contributed by atoms with Crippen molar-refractivity contribution in [1.29, 1.82) is 0 Å². The molecule has 2 N–H and O–H groups in total. The van der Waals surface area contributed by atoms with Gasteiger partial charge in [-0.2, -0.15) is 0 Å². The van der Waals surface area contributed by atoms with Crippen LogP contribution in [-0.2, 0) is 0 Å². The van der Waals surface area contributed by atoms with Gasteiger partial charge in [-0.15, -0.1) is 0 Å². The molecular weight excluding hydrogens is 167 g/mol. The van der Waals surface area contributed by atoms with Gasteiger partial charge >= 0.3 is 0 Å². The molecule has 1 aliphatic carbocycles. The Morgan fingerprint density at radius 2 is 2.38 bits per heavy atom. The van der Waals surface area contributed by atoms with Gasteiger partial charge in [0.1, 0.15) is 5.82 Å². The first-order valence-electron chi connectivity index (χ1n) is 4.62. The smallest absolute Gasteiger partial charge is 0.146 e. The van der Waals surface area contributed by atoms with Gasteiger partial charge in [0, 0.05) is 17.8 Å². The van der Waals surface area contributed by atoms with Gasteiger partial charge in [0.05, 0.1) is 6.20 Å². The Bertz CT molecular complexity index is 297. The van der Waals surface area contributed by atoms with Crippen molar-refractivity contribution in [2.45, 2.75) is 25.3 Å². The second kappa shape index (κ2) is 3.42. The average molecular weight is 180 g/mol. The van der Waals surface area contributed by atoms with E-state index >= 15 is 0 Å². The lowest BCUT2D eigenvalue weighted by molar-refractivity contribution is 0.539. The zero-order valence-electron chi connectivity index (χ0n) is 7.41. The molecule has 0 aromatic carbocycles. The summed E-state index contributed by atoms with van der Waals surface area (Å²) in [5.74, 6) is 0.443. The number of aromatic nitrogens is 1. The van der Waals surface area contributed by atoms with Gasteiger partial charge in [-0.3, -0.25) is 4.98 Å². The highest BCUT2D eigenvalue weighted by Crippen LogP contribution is 2.36. The van der Waals surface area contributed by atoms with E-state index in [-0.39, 0.29) is 11.9 Å². The van der Waals surface area contributed by atoms with E-state index in [4.69, 9.17) is 5.73 Å². The fourth-order valence-corrected chi connectivity index (χ4v) is 1.53. The van der Waals surface area contributed by atoms with Crippen molar-refractivity contribution in [3.05, 3.63) is 29.8 Å². The van der Waals surface area contributed by atoms with Crippen LogP contribution in [0.15, 0.2) is 18.5 Å². The summed E-state index contributed by atoms with van der Waals surface area (Å²) >= 11 is 0. The van der Waals surface area contributed by atoms with Crippen LogP contribution in [0.5, 0.6) is 0 Å². The molecule has 2 rings (SSSR count). The van der Waals surface area contributed by atoms with E-state index in [0.29, 0.717) is 5.56 Å². The van der Waals surface area contributed by atoms with Gasteiger partial charge in [-0.1, -0.05) is 12.8 Å². The van der Waals surface area contributed by atoms with Crippen molar-refractivity contribution in [3.8, 4) is 0 Å². The van der Waals surface area contributed by atoms with Gasteiger partial charge in [0.25, 0.3) is 0 Å². The highest BCUT2D eigenvalue weighted by molar-refractivity contribution is 5.17. The molecular formula is C10H13FN2. The molecule has 0 radical (unpaired) electrons. The molecule has 70 valence electrons. The number of hydrogen-bond donors (Lipinski definition) is 1. The fraction of sp³-hybridized carbons (Fsp3) is 0.500. The summed E-state index contributed by atoms with van der Waals surface area (Å²) in [4.78, 5) is 3.69. The summed E-state index contributed by atoms with van der Waals surface area (Å²) < 4.78 is 13.2. The summed E-state index contributed by atoms with van der Waals surface area (Å²) in [7, 11) is 0. The Hall–Kier alpha value is -0.960. The first-order valence-corrected chi connectivity index (χ1v) is 4.62. The van der Waals surface area contributed by atoms with Gasteiger partial charge in [0.2, 0.25) is 0 Å². The van der Waals surface area contributed by atoms with Crippen molar-refractivity contribution in [3.63, 3.8) is 0 Å². The maximum Gasteiger partial charge on any atom is 0.146 e. The lowest BCUT2D eigenvalue weighted by Crippen LogP contribution is -2.12. The molecule has 1 aliphatic rings. The minimum Gasteiger partial charge on any atom is -0.324 e. The Morgan fingerprint density at radius 3 is 3.00 bits per heavy atom. The van der Waals surface area contributed by atoms with E-state index in [0.717, 1.165) is 12.3 Å². The number of pyridine rings is 1. The number of nitrogens with zero attached hydrogens (tertiary/aromatic N) is 1. The minimum absolute atomic E-state index is 0.157. The molecule has 1 saturated carbocycles. The van der Waals surface area contributed by atoms with Crippen molar-refractivity contribution in [2.75, 3.05) is 0 Å². The second-order valence-electron chi connectivity index (χ2n) is 3.68. The van der Waals surface area contributed by atoms with Crippen LogP contribution < -0.4 is 5.73 Å². The van der Waals surface area contributed by atoms with Crippen molar-refractivity contribution >= 4 is 0 Å². The summed E-state index contributed by atoms with van der Waals surface area (Å²) in [5, 5.41) is 0. The fourth-order valence-electron chi connectivity index (χ4n) is 1.53. The Balaban J connectivity index is 2.09. The second-order valence-corrected chi connectivity index (χ2v) is 3.68. The van der Waals surface area contributed by atoms with Crippen LogP contribution in [0.25, 0.3) is 0 Å². The highest BCUT2D eigenvalue weighted by Gasteiger charge is 2.25. The summed E-state index contributed by atoms with van der Waals surface area (Å²) in [5.41, 5.74) is 6.47. The molecule has 1 unspecified atom stereocenters. The van der Waals surface area contributed by atoms with Crippen LogP contribution in [0.2, 0.25) is 0 Å². The summed E-state index contributed by atoms with van der Waals surface area (Å²) in [6.07, 6.45) is 6.22. The molecule has 0 bridgehead atoms. The molecule has 0 saturated heterocycles. The van der Waals surface area contributed by atoms with Gasteiger partial charge in [-0.05, 0) is 18.4 Å². The van der Waals surface area contributed by atoms with Crippen LogP contribution in [0.4, 0.5) is 4.39 Å². The highest BCUT2D eigenvalue weighted by atomic mass is 19.1. The van der Waals surface area contributed by atoms with Crippen LogP contribution in [0, 0.1) is 11.7 Å². The molecule has 3 heteroatoms. The van der Waals surface area contributed by atoms with Crippen LogP contribution >= 0.6 is 0 Å². The standard InChI is InChI=1S/C10H13FN2/c11-9-6-13-4-3-8(9)10(12)5-7-1-2-7/h3-4,6-7,10H,1-2,5,12H2. The first-order chi connectivity index (χ1) is 6.27. The predicted octanol–water partition coefficient (Wildman–Crippen LogP) is 2.02. The van der Waals surface area contributed by atoms with Crippen LogP contribution in [-0.4, -0.2) is 4.98 Å². The van der Waals surface area contributed by atoms with Gasteiger partial charge in [0.15, 0.2) is 0 Å². The van der Waals surface area contributed by atoms with Gasteiger partial charge < -0.3 is 5.73 Å². The normalized spacial score (nSPS) is 18.6. The van der Waals surface area contributed by atoms with E-state index in [2.05, 4.69) is 4.98 Å². The molecule has 1 aromatic rings. The predicted molar refractivity (Wildman–Crippen MR) is 48.5 cm³/mol. The molecule has 0 amide bonds. The molecule has 1 aromatic heterocycles. The maximum absolute atomic E-state index is 13.2. The Labute approximate surface area is 77.0 Å². The lowest BCUT2D eigenvalue weighted by atomic mass is 10.0. The number of nitrogens with two attached hydrogens (primary N) is 1. The maximum atomic E-state index is 13.2. The Morgan fingerprint density at radius 1 is 1.62 bits per heavy atom. The quantitative estimate of drug-likeness (QED) is 0.772. The van der Waals surface area contributed by atoms with E-state index in [1.807, 2.05) is 0 Å². The third kappa shape index (κ3) is 2.04. The van der Waals surface area contributed by atoms with Crippen molar-refractivity contribution in [1.82, 2.24) is 4.98 Å². The van der Waals surface area contributed by atoms with E-state index in [1.165, 1.54) is 19.0 Å². The van der Waals surface area contributed by atoms with Crippen molar-refractivity contribution in [2.24, 2.45) is 11.7 Å². The molecule has 13 heavy (non-hydrogen) atoms. The molecule has 1 heterocycles. The topological polar surface area (TPSA) is 38.9 Å². The molecule has 2 nitrogen and oxygen atoms in total. The monoisotopic (exact) mass is 180 g/mol. The minimum atomic E-state index is -0.282. The summed E-state index contributed by atoms with van der Waals surface area (Å²) in [6.45, 7) is 0. The summed E-state index contributed by atoms with van der Waals surface area (Å²) in [6, 6.07) is 1.51. The lowest BCUT2D eigenvalue weighted by Gasteiger charge is -2.11. The van der Waals surface area contributed by atoms with E-state index in [1.54, 1.807) is 12.3 Å². The van der Waals surface area contributed by atoms with Crippen molar-refractivity contribution < 1.29 is 4.39 Å². The molecule has 1 fully saturated rings. The molecule has 0 aliphatic heterocycles. The number of halogens is 1. The van der Waals surface area contributed by atoms with Crippen LogP contribution in [0.3, 0.4) is 0 Å². The molecule has 1 atom stereocenters. The average Bonchev–Trinajstić information content (AvgIpc) is 2.89. The number of hydrogen-bond acceptors (Lipinski definition) is 2. The Kier molecular flexibility index (Phi) is 2.27.